The van der Waals surface area contributed by atoms with E-state index in [1.54, 1.807) is 0 Å². The molecule has 0 aliphatic heterocycles. The van der Waals surface area contributed by atoms with E-state index in [-0.39, 0.29) is 11.4 Å². The lowest BCUT2D eigenvalue weighted by molar-refractivity contribution is 0.0959. The molecule has 1 fully saturated rings. The number of hydrogen-bond donors (Lipinski definition) is 1. The first-order valence-corrected chi connectivity index (χ1v) is 10.2. The van der Waals surface area contributed by atoms with Gasteiger partial charge in [-0.2, -0.15) is 0 Å². The van der Waals surface area contributed by atoms with E-state index in [9.17, 15) is 22.0 Å². The lowest BCUT2D eigenvalue weighted by atomic mass is 10.0. The maximum Gasteiger partial charge on any atom is 0.283 e. The summed E-state index contributed by atoms with van der Waals surface area (Å²) in [4.78, 5) is 19.8. The Morgan fingerprint density at radius 3 is 2.77 bits per heavy atom. The van der Waals surface area contributed by atoms with Crippen molar-refractivity contribution in [3.8, 4) is 0 Å². The quantitative estimate of drug-likeness (QED) is 0.790. The second-order valence-electron chi connectivity index (χ2n) is 6.49. The van der Waals surface area contributed by atoms with E-state index in [2.05, 4.69) is 9.97 Å². The molecule has 1 N–H and O–H groups in total. The number of alkyl halides is 2. The van der Waals surface area contributed by atoms with Crippen molar-refractivity contribution in [3.05, 3.63) is 30.0 Å². The Labute approximate surface area is 149 Å². The molecule has 0 bridgehead atoms. The minimum atomic E-state index is -3.91. The Bertz CT molecular complexity index is 892. The van der Waals surface area contributed by atoms with Crippen molar-refractivity contribution in [3.63, 3.8) is 0 Å². The fourth-order valence-corrected chi connectivity index (χ4v) is 4.43. The van der Waals surface area contributed by atoms with E-state index in [1.807, 2.05) is 4.72 Å². The van der Waals surface area contributed by atoms with Gasteiger partial charge in [-0.15, -0.1) is 0 Å². The Hall–Kier alpha value is -2.10. The van der Waals surface area contributed by atoms with Crippen molar-refractivity contribution in [2.75, 3.05) is 5.75 Å². The number of carbonyl (C=O) groups excluding carboxylic acids is 1. The van der Waals surface area contributed by atoms with E-state index in [4.69, 9.17) is 0 Å². The highest BCUT2D eigenvalue weighted by Gasteiger charge is 2.28. The third-order valence-corrected chi connectivity index (χ3v) is 5.95. The average molecular weight is 386 g/mol. The normalized spacial score (nSPS) is 15.8. The van der Waals surface area contributed by atoms with Gasteiger partial charge in [0, 0.05) is 12.4 Å². The minimum Gasteiger partial charge on any atom is -0.292 e. The largest absolute Gasteiger partial charge is 0.292 e. The summed E-state index contributed by atoms with van der Waals surface area (Å²) in [5.74, 6) is -0.783. The van der Waals surface area contributed by atoms with Gasteiger partial charge in [-0.25, -0.2) is 26.9 Å². The predicted octanol–water partition coefficient (Wildman–Crippen LogP) is 2.70. The Balaban J connectivity index is 1.72. The molecule has 1 saturated carbocycles. The summed E-state index contributed by atoms with van der Waals surface area (Å²) in [5, 5.41) is 0. The van der Waals surface area contributed by atoms with Gasteiger partial charge >= 0.3 is 0 Å². The second kappa shape index (κ2) is 7.65. The van der Waals surface area contributed by atoms with Gasteiger partial charge in [-0.1, -0.05) is 25.7 Å². The number of amides is 1. The highest BCUT2D eigenvalue weighted by atomic mass is 32.2. The van der Waals surface area contributed by atoms with Crippen LogP contribution in [0.3, 0.4) is 0 Å². The van der Waals surface area contributed by atoms with Crippen LogP contribution in [0.4, 0.5) is 8.78 Å². The first-order valence-electron chi connectivity index (χ1n) is 8.52. The van der Waals surface area contributed by atoms with Crippen LogP contribution in [-0.4, -0.2) is 34.4 Å². The SMILES string of the molecule is O=C(NS(=O)(=O)CCCC1CCCC1)c1c(C(F)F)nc2cnccn12. The highest BCUT2D eigenvalue weighted by Crippen LogP contribution is 2.28. The second-order valence-corrected chi connectivity index (χ2v) is 8.34. The van der Waals surface area contributed by atoms with Crippen molar-refractivity contribution >= 4 is 21.6 Å². The molecule has 2 heterocycles. The fraction of sp³-hybridized carbons (Fsp3) is 0.562. The number of nitrogens with one attached hydrogen (secondary N) is 1. The minimum absolute atomic E-state index is 0.0478. The Morgan fingerprint density at radius 1 is 1.35 bits per heavy atom. The zero-order valence-corrected chi connectivity index (χ0v) is 14.9. The molecule has 1 aliphatic rings. The van der Waals surface area contributed by atoms with Crippen LogP contribution < -0.4 is 4.72 Å². The number of nitrogens with zero attached hydrogens (tertiary/aromatic N) is 3. The maximum atomic E-state index is 13.2. The summed E-state index contributed by atoms with van der Waals surface area (Å²) in [6.45, 7) is 0. The zero-order chi connectivity index (χ0) is 18.7. The van der Waals surface area contributed by atoms with Gasteiger partial charge in [0.25, 0.3) is 12.3 Å². The third-order valence-electron chi connectivity index (χ3n) is 4.63. The molecule has 1 aliphatic carbocycles. The molecule has 0 radical (unpaired) electrons. The summed E-state index contributed by atoms with van der Waals surface area (Å²) in [5.41, 5.74) is -1.21. The van der Waals surface area contributed by atoms with Gasteiger partial charge in [0.1, 0.15) is 11.4 Å². The van der Waals surface area contributed by atoms with Crippen LogP contribution in [0, 0.1) is 5.92 Å². The van der Waals surface area contributed by atoms with E-state index in [1.165, 1.54) is 31.4 Å². The van der Waals surface area contributed by atoms with E-state index < -0.39 is 33.7 Å². The lowest BCUT2D eigenvalue weighted by Gasteiger charge is -2.10. The molecular weight excluding hydrogens is 366 g/mol. The van der Waals surface area contributed by atoms with Crippen molar-refractivity contribution < 1.29 is 22.0 Å². The molecule has 2 aromatic rings. The molecule has 3 rings (SSSR count). The van der Waals surface area contributed by atoms with Crippen LogP contribution in [0.2, 0.25) is 0 Å². The van der Waals surface area contributed by atoms with Gasteiger partial charge in [0.15, 0.2) is 5.65 Å². The van der Waals surface area contributed by atoms with Gasteiger partial charge in [0.2, 0.25) is 10.0 Å². The Morgan fingerprint density at radius 2 is 2.08 bits per heavy atom. The van der Waals surface area contributed by atoms with E-state index in [0.717, 1.165) is 23.7 Å². The standard InChI is InChI=1S/C16H20F2N4O3S/c17-15(18)13-14(22-8-7-19-10-12(22)20-13)16(23)21-26(24,25)9-3-6-11-4-1-2-5-11/h7-8,10-11,15H,1-6,9H2,(H,21,23). The maximum absolute atomic E-state index is 13.2. The summed E-state index contributed by atoms with van der Waals surface area (Å²) in [6.07, 6.45) is 6.60. The molecule has 1 amide bonds. The predicted molar refractivity (Wildman–Crippen MR) is 90.4 cm³/mol. The van der Waals surface area contributed by atoms with Crippen LogP contribution in [-0.2, 0) is 10.0 Å². The first kappa shape index (κ1) is 18.7. The van der Waals surface area contributed by atoms with Crippen LogP contribution in [0.1, 0.15) is 61.1 Å². The molecule has 142 valence electrons. The van der Waals surface area contributed by atoms with Gasteiger partial charge < -0.3 is 0 Å². The lowest BCUT2D eigenvalue weighted by Crippen LogP contribution is -2.34. The number of hydrogen-bond acceptors (Lipinski definition) is 5. The molecule has 10 heteroatoms. The van der Waals surface area contributed by atoms with Gasteiger partial charge in [-0.3, -0.25) is 14.2 Å². The summed E-state index contributed by atoms with van der Waals surface area (Å²) in [7, 11) is -3.91. The summed E-state index contributed by atoms with van der Waals surface area (Å²) >= 11 is 0. The monoisotopic (exact) mass is 386 g/mol. The Kier molecular flexibility index (Phi) is 5.49. The summed E-state index contributed by atoms with van der Waals surface area (Å²) < 4.78 is 53.7. The number of rotatable bonds is 7. The third kappa shape index (κ3) is 4.17. The zero-order valence-electron chi connectivity index (χ0n) is 14.1. The number of halogens is 2. The molecule has 0 saturated heterocycles. The smallest absolute Gasteiger partial charge is 0.283 e. The van der Waals surface area contributed by atoms with E-state index in [0.29, 0.717) is 12.3 Å². The van der Waals surface area contributed by atoms with Crippen LogP contribution in [0.25, 0.3) is 5.65 Å². The van der Waals surface area contributed by atoms with Crippen molar-refractivity contribution in [2.45, 2.75) is 45.0 Å². The molecule has 26 heavy (non-hydrogen) atoms. The number of sulfonamides is 1. The number of carbonyl (C=O) groups is 1. The molecule has 0 atom stereocenters. The topological polar surface area (TPSA) is 93.4 Å². The van der Waals surface area contributed by atoms with Crippen LogP contribution >= 0.6 is 0 Å². The molecule has 2 aromatic heterocycles. The number of imidazole rings is 1. The summed E-state index contributed by atoms with van der Waals surface area (Å²) in [6, 6.07) is 0. The molecule has 7 nitrogen and oxygen atoms in total. The van der Waals surface area contributed by atoms with E-state index >= 15 is 0 Å². The van der Waals surface area contributed by atoms with Crippen LogP contribution in [0.5, 0.6) is 0 Å². The van der Waals surface area contributed by atoms with Crippen molar-refractivity contribution in [2.24, 2.45) is 5.92 Å². The molecular formula is C16H20F2N4O3S. The number of aromatic nitrogens is 3. The highest BCUT2D eigenvalue weighted by molar-refractivity contribution is 7.90. The van der Waals surface area contributed by atoms with Gasteiger partial charge in [0.05, 0.1) is 11.9 Å². The average Bonchev–Trinajstić information content (AvgIpc) is 3.21. The van der Waals surface area contributed by atoms with Gasteiger partial charge in [-0.05, 0) is 18.8 Å². The van der Waals surface area contributed by atoms with Crippen LogP contribution in [0.15, 0.2) is 18.6 Å². The fourth-order valence-electron chi connectivity index (χ4n) is 3.40. The number of fused-ring (bicyclic) bond motifs is 1. The van der Waals surface area contributed by atoms with Crippen molar-refractivity contribution in [1.29, 1.82) is 0 Å². The van der Waals surface area contributed by atoms with Crippen molar-refractivity contribution in [1.82, 2.24) is 19.1 Å². The first-order chi connectivity index (χ1) is 12.4. The molecule has 0 spiro atoms. The molecule has 0 unspecified atom stereocenters. The molecule has 0 aromatic carbocycles.